The van der Waals surface area contributed by atoms with Gasteiger partial charge in [-0.3, -0.25) is 13.9 Å². The van der Waals surface area contributed by atoms with E-state index in [1.165, 1.54) is 15.6 Å². The third kappa shape index (κ3) is 3.48. The molecule has 9 heteroatoms. The van der Waals surface area contributed by atoms with Crippen LogP contribution in [0.5, 0.6) is 0 Å². The molecule has 1 aromatic carbocycles. The summed E-state index contributed by atoms with van der Waals surface area (Å²) < 4.78 is 4.21. The van der Waals surface area contributed by atoms with E-state index in [-0.39, 0.29) is 6.54 Å². The van der Waals surface area contributed by atoms with Gasteiger partial charge < -0.3 is 4.90 Å². The number of rotatable bonds is 3. The first kappa shape index (κ1) is 20.9. The van der Waals surface area contributed by atoms with Crippen molar-refractivity contribution in [1.29, 1.82) is 0 Å². The minimum Gasteiger partial charge on any atom is -0.341 e. The molecule has 0 radical (unpaired) electrons. The van der Waals surface area contributed by atoms with Crippen LogP contribution in [0.15, 0.2) is 33.9 Å². The number of aryl methyl sites for hydroxylation is 2. The highest BCUT2D eigenvalue weighted by Gasteiger charge is 2.24. The molecular formula is C24H25N7O2. The zero-order valence-corrected chi connectivity index (χ0v) is 19.0. The monoisotopic (exact) mass is 443 g/mol. The lowest BCUT2D eigenvalue weighted by Crippen LogP contribution is -2.40. The average molecular weight is 444 g/mol. The van der Waals surface area contributed by atoms with Crippen molar-refractivity contribution >= 4 is 28.0 Å². The topological polar surface area (TPSA) is 90.8 Å². The summed E-state index contributed by atoms with van der Waals surface area (Å²) in [5.41, 5.74) is 1.31. The highest BCUT2D eigenvalue weighted by atomic mass is 16.2. The number of hydrogen-bond donors (Lipinski definition) is 0. The third-order valence-electron chi connectivity index (χ3n) is 6.13. The Labute approximate surface area is 190 Å². The van der Waals surface area contributed by atoms with Crippen LogP contribution in [0.2, 0.25) is 0 Å². The molecule has 0 N–H and O–H groups in total. The van der Waals surface area contributed by atoms with Gasteiger partial charge in [-0.2, -0.15) is 4.98 Å². The van der Waals surface area contributed by atoms with E-state index in [2.05, 4.69) is 31.8 Å². The van der Waals surface area contributed by atoms with Crippen LogP contribution in [-0.2, 0) is 13.6 Å². The minimum absolute atomic E-state index is 0.0309. The molecule has 1 aliphatic heterocycles. The predicted octanol–water partition coefficient (Wildman–Crippen LogP) is 2.02. The van der Waals surface area contributed by atoms with Crippen LogP contribution in [-0.4, -0.2) is 41.7 Å². The molecular weight excluding hydrogens is 418 g/mol. The van der Waals surface area contributed by atoms with E-state index in [9.17, 15) is 9.59 Å². The molecule has 3 aromatic heterocycles. The molecule has 0 amide bonds. The van der Waals surface area contributed by atoms with Crippen molar-refractivity contribution in [3.63, 3.8) is 0 Å². The van der Waals surface area contributed by atoms with Crippen molar-refractivity contribution in [1.82, 2.24) is 28.7 Å². The van der Waals surface area contributed by atoms with Crippen LogP contribution >= 0.6 is 0 Å². The number of fused-ring (bicyclic) bond motifs is 2. The molecule has 168 valence electrons. The molecule has 4 aromatic rings. The third-order valence-corrected chi connectivity index (χ3v) is 6.13. The van der Waals surface area contributed by atoms with Crippen LogP contribution < -0.4 is 16.1 Å². The van der Waals surface area contributed by atoms with Gasteiger partial charge in [0.25, 0.3) is 5.56 Å². The summed E-state index contributed by atoms with van der Waals surface area (Å²) in [6.45, 7) is 5.28. The smallest absolute Gasteiger partial charge is 0.332 e. The zero-order chi connectivity index (χ0) is 23.1. The zero-order valence-electron chi connectivity index (χ0n) is 19.0. The van der Waals surface area contributed by atoms with Gasteiger partial charge >= 0.3 is 5.69 Å². The van der Waals surface area contributed by atoms with E-state index >= 15 is 0 Å². The maximum atomic E-state index is 13.6. The number of imidazole rings is 1. The number of hydrogen-bond acceptors (Lipinski definition) is 6. The van der Waals surface area contributed by atoms with Crippen LogP contribution in [0.3, 0.4) is 0 Å². The van der Waals surface area contributed by atoms with E-state index < -0.39 is 11.2 Å². The quantitative estimate of drug-likeness (QED) is 0.450. The Balaban J connectivity index is 1.70. The van der Waals surface area contributed by atoms with Gasteiger partial charge in [-0.1, -0.05) is 24.1 Å². The fraction of sp³-hybridized carbons (Fsp3) is 0.375. The lowest BCUT2D eigenvalue weighted by atomic mass is 10.1. The molecule has 5 rings (SSSR count). The van der Waals surface area contributed by atoms with E-state index in [0.29, 0.717) is 22.9 Å². The van der Waals surface area contributed by atoms with Crippen molar-refractivity contribution in [2.24, 2.45) is 7.05 Å². The summed E-state index contributed by atoms with van der Waals surface area (Å²) >= 11 is 0. The van der Waals surface area contributed by atoms with Crippen molar-refractivity contribution in [3.05, 3.63) is 56.6 Å². The second-order valence-electron chi connectivity index (χ2n) is 8.30. The average Bonchev–Trinajstić information content (AvgIpc) is 3.21. The number of piperidine rings is 1. The second-order valence-corrected chi connectivity index (χ2v) is 8.30. The predicted molar refractivity (Wildman–Crippen MR) is 128 cm³/mol. The van der Waals surface area contributed by atoms with Gasteiger partial charge in [-0.15, -0.1) is 0 Å². The molecule has 0 saturated carbocycles. The maximum absolute atomic E-state index is 13.6. The summed E-state index contributed by atoms with van der Waals surface area (Å²) in [4.78, 5) is 42.7. The Hall–Kier alpha value is -3.93. The molecule has 9 nitrogen and oxygen atoms in total. The van der Waals surface area contributed by atoms with Crippen molar-refractivity contribution in [2.75, 3.05) is 18.0 Å². The molecule has 0 bridgehead atoms. The number of para-hydroxylation sites is 1. The van der Waals surface area contributed by atoms with Crippen LogP contribution in [0, 0.1) is 18.9 Å². The highest BCUT2D eigenvalue weighted by molar-refractivity contribution is 5.80. The largest absolute Gasteiger partial charge is 0.341 e. The molecule has 0 atom stereocenters. The van der Waals surface area contributed by atoms with Gasteiger partial charge in [-0.05, 0) is 39.2 Å². The first-order chi connectivity index (χ1) is 16.0. The fourth-order valence-corrected chi connectivity index (χ4v) is 4.48. The molecule has 0 aliphatic carbocycles. The van der Waals surface area contributed by atoms with E-state index in [1.54, 1.807) is 18.5 Å². The fourth-order valence-electron chi connectivity index (χ4n) is 4.48. The molecule has 33 heavy (non-hydrogen) atoms. The van der Waals surface area contributed by atoms with Gasteiger partial charge in [0, 0.05) is 37.3 Å². The van der Waals surface area contributed by atoms with Gasteiger partial charge in [0.05, 0.1) is 12.1 Å². The van der Waals surface area contributed by atoms with Crippen LogP contribution in [0.25, 0.3) is 22.1 Å². The Kier molecular flexibility index (Phi) is 5.21. The summed E-state index contributed by atoms with van der Waals surface area (Å²) in [6.07, 6.45) is 3.29. The molecule has 0 unspecified atom stereocenters. The Morgan fingerprint density at radius 1 is 1.03 bits per heavy atom. The number of anilines is 1. The van der Waals surface area contributed by atoms with Gasteiger partial charge in [0.1, 0.15) is 5.82 Å². The summed E-state index contributed by atoms with van der Waals surface area (Å²) in [5.74, 6) is 3.91. The molecule has 0 spiro atoms. The van der Waals surface area contributed by atoms with Gasteiger partial charge in [-0.25, -0.2) is 19.3 Å². The highest BCUT2D eigenvalue weighted by Crippen LogP contribution is 2.22. The van der Waals surface area contributed by atoms with Crippen LogP contribution in [0.1, 0.15) is 37.7 Å². The first-order valence-electron chi connectivity index (χ1n) is 11.1. The van der Waals surface area contributed by atoms with E-state index in [4.69, 9.17) is 0 Å². The van der Waals surface area contributed by atoms with Crippen molar-refractivity contribution in [3.8, 4) is 12.0 Å². The number of benzene rings is 1. The summed E-state index contributed by atoms with van der Waals surface area (Å²) in [7, 11) is 1.63. The normalized spacial score (nSPS) is 14.0. The second kappa shape index (κ2) is 8.20. The number of aromatic nitrogens is 6. The standard InChI is InChI=1S/C24H25N7O2/c1-4-12-30-20-21(27-23(30)29-13-8-5-9-14-29)28(3)24(33)31(22(20)32)15-19-25-16(2)17-10-6-7-11-18(17)26-19/h6-7,10-11H,5,8-9,13-15H2,1-3H3. The Morgan fingerprint density at radius 3 is 2.55 bits per heavy atom. The lowest BCUT2D eigenvalue weighted by Gasteiger charge is -2.26. The molecule has 4 heterocycles. The lowest BCUT2D eigenvalue weighted by molar-refractivity contribution is 0.567. The minimum atomic E-state index is -0.457. The SMILES string of the molecule is CC#Cn1c(N2CCCCC2)nc2c1c(=O)n(Cc1nc(C)c3ccccc3n1)c(=O)n2C. The van der Waals surface area contributed by atoms with Gasteiger partial charge in [0.15, 0.2) is 11.2 Å². The molecule has 1 saturated heterocycles. The molecule has 1 aliphatic rings. The van der Waals surface area contributed by atoms with Crippen molar-refractivity contribution < 1.29 is 0 Å². The maximum Gasteiger partial charge on any atom is 0.332 e. The van der Waals surface area contributed by atoms with Crippen molar-refractivity contribution in [2.45, 2.75) is 39.7 Å². The summed E-state index contributed by atoms with van der Waals surface area (Å²) in [6, 6.07) is 10.7. The van der Waals surface area contributed by atoms with E-state index in [0.717, 1.165) is 42.5 Å². The number of nitrogens with zero attached hydrogens (tertiary/aromatic N) is 7. The molecule has 1 fully saturated rings. The van der Waals surface area contributed by atoms with Gasteiger partial charge in [0.2, 0.25) is 5.95 Å². The van der Waals surface area contributed by atoms with E-state index in [1.807, 2.05) is 31.2 Å². The Morgan fingerprint density at radius 2 is 1.79 bits per heavy atom. The summed E-state index contributed by atoms with van der Waals surface area (Å²) in [5, 5.41) is 0.944. The van der Waals surface area contributed by atoms with Crippen LogP contribution in [0.4, 0.5) is 5.95 Å². The Bertz CT molecular complexity index is 1560. The first-order valence-corrected chi connectivity index (χ1v) is 11.1.